The number of thioether (sulfide) groups is 1. The molecule has 1 aromatic carbocycles. The molecule has 114 valence electrons. The molecule has 4 nitrogen and oxygen atoms in total. The third-order valence-corrected chi connectivity index (χ3v) is 4.23. The van der Waals surface area contributed by atoms with E-state index in [1.165, 1.54) is 0 Å². The molecule has 1 unspecified atom stereocenters. The Morgan fingerprint density at radius 2 is 2.00 bits per heavy atom. The van der Waals surface area contributed by atoms with Gasteiger partial charge in [0.2, 0.25) is 0 Å². The van der Waals surface area contributed by atoms with Crippen molar-refractivity contribution in [3.8, 4) is 5.75 Å². The molecule has 2 rings (SSSR count). The third kappa shape index (κ3) is 4.42. The smallest absolute Gasteiger partial charge is 0.387 e. The lowest BCUT2D eigenvalue weighted by Crippen LogP contribution is -2.03. The van der Waals surface area contributed by atoms with Crippen LogP contribution in [0.15, 0.2) is 30.6 Å². The molecule has 0 saturated heterocycles. The molecule has 0 radical (unpaired) electrons. The summed E-state index contributed by atoms with van der Waals surface area (Å²) < 4.78 is 30.4. The van der Waals surface area contributed by atoms with Crippen LogP contribution in [-0.4, -0.2) is 21.4 Å². The first kappa shape index (κ1) is 15.8. The summed E-state index contributed by atoms with van der Waals surface area (Å²) in [6, 6.07) is 6.74. The average molecular weight is 313 g/mol. The fourth-order valence-electron chi connectivity index (χ4n) is 1.88. The van der Waals surface area contributed by atoms with Crippen molar-refractivity contribution in [1.82, 2.24) is 14.8 Å². The molecule has 0 amide bonds. The number of aryl methyl sites for hydroxylation is 1. The molecule has 0 aliphatic rings. The first-order chi connectivity index (χ1) is 10.1. The molecule has 21 heavy (non-hydrogen) atoms. The molecule has 0 N–H and O–H groups in total. The SMILES string of the molecule is CCn1ncnc1CSC(C)c1ccc(OC(F)F)cc1. The van der Waals surface area contributed by atoms with E-state index in [0.29, 0.717) is 0 Å². The molecule has 0 saturated carbocycles. The Morgan fingerprint density at radius 1 is 1.29 bits per heavy atom. The quantitative estimate of drug-likeness (QED) is 0.777. The average Bonchev–Trinajstić information content (AvgIpc) is 2.92. The molecular weight excluding hydrogens is 296 g/mol. The van der Waals surface area contributed by atoms with E-state index < -0.39 is 6.61 Å². The number of alkyl halides is 2. The fraction of sp³-hybridized carbons (Fsp3) is 0.429. The van der Waals surface area contributed by atoms with Crippen molar-refractivity contribution in [1.29, 1.82) is 0 Å². The molecule has 1 heterocycles. The molecule has 0 fully saturated rings. The van der Waals surface area contributed by atoms with Gasteiger partial charge in [-0.15, -0.1) is 11.8 Å². The van der Waals surface area contributed by atoms with E-state index >= 15 is 0 Å². The van der Waals surface area contributed by atoms with Crippen LogP contribution in [0.25, 0.3) is 0 Å². The van der Waals surface area contributed by atoms with Crippen molar-refractivity contribution in [2.75, 3.05) is 0 Å². The van der Waals surface area contributed by atoms with Gasteiger partial charge in [-0.1, -0.05) is 12.1 Å². The van der Waals surface area contributed by atoms with Gasteiger partial charge >= 0.3 is 6.61 Å². The third-order valence-electron chi connectivity index (χ3n) is 3.03. The number of hydrogen-bond donors (Lipinski definition) is 0. The van der Waals surface area contributed by atoms with Crippen LogP contribution >= 0.6 is 11.8 Å². The minimum atomic E-state index is -2.79. The minimum absolute atomic E-state index is 0.177. The predicted octanol–water partition coefficient (Wildman–Crippen LogP) is 3.89. The topological polar surface area (TPSA) is 39.9 Å². The van der Waals surface area contributed by atoms with Crippen molar-refractivity contribution >= 4 is 11.8 Å². The highest BCUT2D eigenvalue weighted by atomic mass is 32.2. The maximum Gasteiger partial charge on any atom is 0.387 e. The van der Waals surface area contributed by atoms with Crippen LogP contribution in [0, 0.1) is 0 Å². The van der Waals surface area contributed by atoms with E-state index in [0.717, 1.165) is 23.7 Å². The van der Waals surface area contributed by atoms with Gasteiger partial charge in [0.15, 0.2) is 0 Å². The van der Waals surface area contributed by atoms with E-state index in [-0.39, 0.29) is 11.0 Å². The van der Waals surface area contributed by atoms with Crippen LogP contribution in [0.4, 0.5) is 8.78 Å². The van der Waals surface area contributed by atoms with Crippen LogP contribution in [-0.2, 0) is 12.3 Å². The Hall–Kier alpha value is -1.63. The van der Waals surface area contributed by atoms with Gasteiger partial charge in [0.1, 0.15) is 17.9 Å². The van der Waals surface area contributed by atoms with Gasteiger partial charge in [-0.25, -0.2) is 9.67 Å². The standard InChI is InChI=1S/C14H17F2N3OS/c1-3-19-13(17-9-18-19)8-21-10(2)11-4-6-12(7-5-11)20-14(15)16/h4-7,9-10,14H,3,8H2,1-2H3. The maximum atomic E-state index is 12.1. The van der Waals surface area contributed by atoms with Crippen molar-refractivity contribution < 1.29 is 13.5 Å². The number of hydrogen-bond acceptors (Lipinski definition) is 4. The molecule has 1 atom stereocenters. The fourth-order valence-corrected chi connectivity index (χ4v) is 2.85. The van der Waals surface area contributed by atoms with Crippen LogP contribution < -0.4 is 4.74 Å². The van der Waals surface area contributed by atoms with Gasteiger partial charge in [0.05, 0.1) is 5.75 Å². The largest absolute Gasteiger partial charge is 0.435 e. The minimum Gasteiger partial charge on any atom is -0.435 e. The number of ether oxygens (including phenoxy) is 1. The summed E-state index contributed by atoms with van der Waals surface area (Å²) in [7, 11) is 0. The molecular formula is C14H17F2N3OS. The van der Waals surface area contributed by atoms with Gasteiger partial charge < -0.3 is 4.74 Å². The number of aromatic nitrogens is 3. The highest BCUT2D eigenvalue weighted by Crippen LogP contribution is 2.31. The lowest BCUT2D eigenvalue weighted by atomic mass is 10.2. The Labute approximate surface area is 126 Å². The lowest BCUT2D eigenvalue weighted by molar-refractivity contribution is -0.0498. The summed E-state index contributed by atoms with van der Waals surface area (Å²) >= 11 is 1.72. The zero-order valence-corrected chi connectivity index (χ0v) is 12.7. The van der Waals surface area contributed by atoms with E-state index in [4.69, 9.17) is 0 Å². The second kappa shape index (κ2) is 7.40. The highest BCUT2D eigenvalue weighted by molar-refractivity contribution is 7.98. The Bertz CT molecular complexity index is 560. The monoisotopic (exact) mass is 313 g/mol. The van der Waals surface area contributed by atoms with Crippen molar-refractivity contribution in [3.63, 3.8) is 0 Å². The van der Waals surface area contributed by atoms with Crippen LogP contribution in [0.2, 0.25) is 0 Å². The lowest BCUT2D eigenvalue weighted by Gasteiger charge is -2.12. The number of nitrogens with zero attached hydrogens (tertiary/aromatic N) is 3. The second-order valence-corrected chi connectivity index (χ2v) is 5.72. The Kier molecular flexibility index (Phi) is 5.55. The van der Waals surface area contributed by atoms with Crippen molar-refractivity contribution in [2.45, 2.75) is 38.0 Å². The van der Waals surface area contributed by atoms with Gasteiger partial charge in [-0.2, -0.15) is 13.9 Å². The zero-order chi connectivity index (χ0) is 15.2. The van der Waals surface area contributed by atoms with E-state index in [9.17, 15) is 8.78 Å². The van der Waals surface area contributed by atoms with Crippen LogP contribution in [0.3, 0.4) is 0 Å². The van der Waals surface area contributed by atoms with E-state index in [1.807, 2.05) is 11.6 Å². The van der Waals surface area contributed by atoms with Gasteiger partial charge in [-0.05, 0) is 31.5 Å². The molecule has 0 spiro atoms. The summed E-state index contributed by atoms with van der Waals surface area (Å²) in [5.74, 6) is 1.87. The molecule has 7 heteroatoms. The molecule has 2 aromatic rings. The second-order valence-electron chi connectivity index (χ2n) is 4.39. The van der Waals surface area contributed by atoms with Gasteiger partial charge in [0.25, 0.3) is 0 Å². The van der Waals surface area contributed by atoms with Crippen LogP contribution in [0.1, 0.15) is 30.5 Å². The van der Waals surface area contributed by atoms with Crippen LogP contribution in [0.5, 0.6) is 5.75 Å². The van der Waals surface area contributed by atoms with E-state index in [1.54, 1.807) is 42.4 Å². The summed E-state index contributed by atoms with van der Waals surface area (Å²) in [5, 5.41) is 4.36. The predicted molar refractivity (Wildman–Crippen MR) is 78.5 cm³/mol. The molecule has 0 bridgehead atoms. The summed E-state index contributed by atoms with van der Waals surface area (Å²) in [6.45, 7) is 2.10. The zero-order valence-electron chi connectivity index (χ0n) is 11.9. The first-order valence-corrected chi connectivity index (χ1v) is 7.68. The highest BCUT2D eigenvalue weighted by Gasteiger charge is 2.10. The summed E-state index contributed by atoms with van der Waals surface area (Å²) in [5.41, 5.74) is 1.06. The summed E-state index contributed by atoms with van der Waals surface area (Å²) in [6.07, 6.45) is 1.56. The van der Waals surface area contributed by atoms with Crippen molar-refractivity contribution in [2.24, 2.45) is 0 Å². The van der Waals surface area contributed by atoms with Crippen molar-refractivity contribution in [3.05, 3.63) is 42.0 Å². The molecule has 1 aromatic heterocycles. The number of halogens is 2. The Morgan fingerprint density at radius 3 is 2.62 bits per heavy atom. The van der Waals surface area contributed by atoms with E-state index in [2.05, 4.69) is 21.7 Å². The number of rotatable bonds is 7. The maximum absolute atomic E-state index is 12.1. The number of benzene rings is 1. The Balaban J connectivity index is 1.92. The molecule has 0 aliphatic heterocycles. The molecule has 0 aliphatic carbocycles. The summed E-state index contributed by atoms with van der Waals surface area (Å²) in [4.78, 5) is 4.23. The van der Waals surface area contributed by atoms with Gasteiger partial charge in [-0.3, -0.25) is 0 Å². The normalized spacial score (nSPS) is 12.6. The first-order valence-electron chi connectivity index (χ1n) is 6.63. The van der Waals surface area contributed by atoms with Gasteiger partial charge in [0, 0.05) is 11.8 Å².